The van der Waals surface area contributed by atoms with Gasteiger partial charge in [-0.05, 0) is 69.5 Å². The Bertz CT molecular complexity index is 850. The van der Waals surface area contributed by atoms with E-state index >= 15 is 0 Å². The highest BCUT2D eigenvalue weighted by Crippen LogP contribution is 2.21. The van der Waals surface area contributed by atoms with E-state index in [1.165, 1.54) is 0 Å². The lowest BCUT2D eigenvalue weighted by atomic mass is 10.1. The van der Waals surface area contributed by atoms with Gasteiger partial charge in [-0.15, -0.1) is 0 Å². The van der Waals surface area contributed by atoms with Crippen molar-refractivity contribution in [2.24, 2.45) is 0 Å². The molecule has 1 heterocycles. The molecular weight excluding hydrogens is 298 g/mol. The van der Waals surface area contributed by atoms with Gasteiger partial charge in [-0.2, -0.15) is 5.26 Å². The second-order valence-electron chi connectivity index (χ2n) is 5.94. The van der Waals surface area contributed by atoms with Crippen LogP contribution < -0.4 is 5.32 Å². The van der Waals surface area contributed by atoms with Crippen molar-refractivity contribution < 1.29 is 4.79 Å². The van der Waals surface area contributed by atoms with Crippen LogP contribution in [0.1, 0.15) is 35.0 Å². The Kier molecular flexibility index (Phi) is 5.25. The summed E-state index contributed by atoms with van der Waals surface area (Å²) in [4.78, 5) is 12.5. The van der Waals surface area contributed by atoms with Crippen molar-refractivity contribution >= 4 is 17.7 Å². The Balaban J connectivity index is 2.33. The maximum Gasteiger partial charge on any atom is 0.266 e. The number of nitrogens with zero attached hydrogens (tertiary/aromatic N) is 2. The van der Waals surface area contributed by atoms with Gasteiger partial charge in [0.2, 0.25) is 0 Å². The molecule has 0 spiro atoms. The van der Waals surface area contributed by atoms with Crippen molar-refractivity contribution in [1.29, 1.82) is 5.26 Å². The van der Waals surface area contributed by atoms with Gasteiger partial charge in [0.05, 0.1) is 0 Å². The Morgan fingerprint density at radius 3 is 2.58 bits per heavy atom. The minimum Gasteiger partial charge on any atom is -0.349 e. The number of aryl methyl sites for hydroxylation is 2. The van der Waals surface area contributed by atoms with Crippen LogP contribution in [0.25, 0.3) is 6.08 Å². The van der Waals surface area contributed by atoms with E-state index in [2.05, 4.69) is 16.8 Å². The predicted octanol–water partition coefficient (Wildman–Crippen LogP) is 4.29. The fourth-order valence-corrected chi connectivity index (χ4v) is 2.84. The first kappa shape index (κ1) is 17.6. The molecule has 0 saturated carbocycles. The SMILES string of the molecule is CCn1c(C)cc(/C=C(/C#N)C(=O)Nc2cccc(C)c2C)c1C. The standard InChI is InChI=1S/C20H23N3O/c1-6-23-14(3)10-17(16(23)5)11-18(12-21)20(24)22-19-9-7-8-13(2)15(19)4/h7-11H,6H2,1-5H3,(H,22,24)/b18-11-. The zero-order valence-electron chi connectivity index (χ0n) is 14.9. The molecule has 4 heteroatoms. The molecule has 0 atom stereocenters. The maximum atomic E-state index is 12.5. The van der Waals surface area contributed by atoms with Crippen molar-refractivity contribution in [2.45, 2.75) is 41.2 Å². The van der Waals surface area contributed by atoms with Crippen LogP contribution in [0.2, 0.25) is 0 Å². The lowest BCUT2D eigenvalue weighted by Gasteiger charge is -2.10. The van der Waals surface area contributed by atoms with E-state index in [4.69, 9.17) is 0 Å². The zero-order valence-corrected chi connectivity index (χ0v) is 14.9. The number of anilines is 1. The molecule has 124 valence electrons. The van der Waals surface area contributed by atoms with Crippen molar-refractivity contribution in [2.75, 3.05) is 5.32 Å². The van der Waals surface area contributed by atoms with Gasteiger partial charge in [0.15, 0.2) is 0 Å². The van der Waals surface area contributed by atoms with Crippen molar-refractivity contribution in [3.63, 3.8) is 0 Å². The summed E-state index contributed by atoms with van der Waals surface area (Å²) in [5.74, 6) is -0.382. The molecule has 0 aliphatic rings. The molecule has 0 saturated heterocycles. The van der Waals surface area contributed by atoms with Crippen LogP contribution in [0.3, 0.4) is 0 Å². The van der Waals surface area contributed by atoms with Crippen LogP contribution in [0.5, 0.6) is 0 Å². The number of hydrogen-bond donors (Lipinski definition) is 1. The molecular formula is C20H23N3O. The summed E-state index contributed by atoms with van der Waals surface area (Å²) in [6.45, 7) is 10.9. The van der Waals surface area contributed by atoms with Gasteiger partial charge in [0.1, 0.15) is 11.6 Å². The lowest BCUT2D eigenvalue weighted by molar-refractivity contribution is -0.112. The monoisotopic (exact) mass is 321 g/mol. The summed E-state index contributed by atoms with van der Waals surface area (Å²) in [7, 11) is 0. The summed E-state index contributed by atoms with van der Waals surface area (Å²) < 4.78 is 2.16. The molecule has 24 heavy (non-hydrogen) atoms. The highest BCUT2D eigenvalue weighted by Gasteiger charge is 2.13. The second-order valence-corrected chi connectivity index (χ2v) is 5.94. The van der Waals surface area contributed by atoms with E-state index in [-0.39, 0.29) is 11.5 Å². The molecule has 0 bridgehead atoms. The number of benzene rings is 1. The number of aromatic nitrogens is 1. The second kappa shape index (κ2) is 7.18. The first-order chi connectivity index (χ1) is 11.4. The molecule has 0 radical (unpaired) electrons. The van der Waals surface area contributed by atoms with E-state index in [9.17, 15) is 10.1 Å². The number of nitrogens with one attached hydrogen (secondary N) is 1. The van der Waals surface area contributed by atoms with Gasteiger partial charge in [0, 0.05) is 23.6 Å². The zero-order chi connectivity index (χ0) is 17.9. The van der Waals surface area contributed by atoms with Crippen LogP contribution in [0.4, 0.5) is 5.69 Å². The van der Waals surface area contributed by atoms with Gasteiger partial charge in [0.25, 0.3) is 5.91 Å². The van der Waals surface area contributed by atoms with Crippen LogP contribution >= 0.6 is 0 Å². The largest absolute Gasteiger partial charge is 0.349 e. The molecule has 0 fully saturated rings. The summed E-state index contributed by atoms with van der Waals surface area (Å²) in [6.07, 6.45) is 1.66. The van der Waals surface area contributed by atoms with Gasteiger partial charge < -0.3 is 9.88 Å². The van der Waals surface area contributed by atoms with Gasteiger partial charge in [-0.1, -0.05) is 12.1 Å². The lowest BCUT2D eigenvalue weighted by Crippen LogP contribution is -2.14. The van der Waals surface area contributed by atoms with Gasteiger partial charge in [-0.3, -0.25) is 4.79 Å². The third-order valence-electron chi connectivity index (χ3n) is 4.45. The fourth-order valence-electron chi connectivity index (χ4n) is 2.84. The third-order valence-corrected chi connectivity index (χ3v) is 4.45. The molecule has 2 aromatic rings. The van der Waals surface area contributed by atoms with E-state index in [0.717, 1.165) is 40.3 Å². The molecule has 1 amide bonds. The van der Waals surface area contributed by atoms with E-state index < -0.39 is 0 Å². The van der Waals surface area contributed by atoms with Crippen LogP contribution in [-0.4, -0.2) is 10.5 Å². The number of nitriles is 1. The number of carbonyl (C=O) groups excluding carboxylic acids is 1. The first-order valence-electron chi connectivity index (χ1n) is 8.05. The summed E-state index contributed by atoms with van der Waals surface area (Å²) in [5.41, 5.74) is 6.03. The van der Waals surface area contributed by atoms with E-state index in [0.29, 0.717) is 0 Å². The summed E-state index contributed by atoms with van der Waals surface area (Å²) >= 11 is 0. The van der Waals surface area contributed by atoms with Crippen LogP contribution in [0.15, 0.2) is 29.8 Å². The molecule has 1 aromatic carbocycles. The molecule has 0 aliphatic carbocycles. The Morgan fingerprint density at radius 2 is 2.00 bits per heavy atom. The smallest absolute Gasteiger partial charge is 0.266 e. The molecule has 4 nitrogen and oxygen atoms in total. The van der Waals surface area contributed by atoms with Crippen LogP contribution in [0, 0.1) is 39.0 Å². The van der Waals surface area contributed by atoms with Crippen molar-refractivity contribution in [3.8, 4) is 6.07 Å². The summed E-state index contributed by atoms with van der Waals surface area (Å²) in [5, 5.41) is 12.2. The Morgan fingerprint density at radius 1 is 1.29 bits per heavy atom. The highest BCUT2D eigenvalue weighted by atomic mass is 16.1. The van der Waals surface area contributed by atoms with Crippen LogP contribution in [-0.2, 0) is 11.3 Å². The number of rotatable bonds is 4. The van der Waals surface area contributed by atoms with Gasteiger partial charge in [-0.25, -0.2) is 0 Å². The number of amides is 1. The Labute approximate surface area is 143 Å². The molecule has 0 unspecified atom stereocenters. The van der Waals surface area contributed by atoms with E-state index in [1.54, 1.807) is 6.08 Å². The minimum atomic E-state index is -0.382. The Hall–Kier alpha value is -2.80. The molecule has 0 aliphatic heterocycles. The normalized spacial score (nSPS) is 11.2. The topological polar surface area (TPSA) is 57.8 Å². The average molecular weight is 321 g/mol. The number of carbonyl (C=O) groups is 1. The highest BCUT2D eigenvalue weighted by molar-refractivity contribution is 6.10. The number of hydrogen-bond acceptors (Lipinski definition) is 2. The third kappa shape index (κ3) is 3.41. The summed E-state index contributed by atoms with van der Waals surface area (Å²) in [6, 6.07) is 9.75. The van der Waals surface area contributed by atoms with Gasteiger partial charge >= 0.3 is 0 Å². The van der Waals surface area contributed by atoms with E-state index in [1.807, 2.05) is 58.0 Å². The predicted molar refractivity (Wildman–Crippen MR) is 97.7 cm³/mol. The van der Waals surface area contributed by atoms with Crippen molar-refractivity contribution in [1.82, 2.24) is 4.57 Å². The fraction of sp³-hybridized carbons (Fsp3) is 0.300. The molecule has 1 aromatic heterocycles. The minimum absolute atomic E-state index is 0.104. The van der Waals surface area contributed by atoms with Crippen molar-refractivity contribution in [3.05, 3.63) is 57.9 Å². The average Bonchev–Trinajstić information content (AvgIpc) is 2.82. The first-order valence-corrected chi connectivity index (χ1v) is 8.05. The molecule has 2 rings (SSSR count). The maximum absolute atomic E-state index is 12.5. The quantitative estimate of drug-likeness (QED) is 0.674. The molecule has 1 N–H and O–H groups in total.